The molecule has 2 aromatic carbocycles. The number of hydrogen-bond acceptors (Lipinski definition) is 3. The van der Waals surface area contributed by atoms with Crippen molar-refractivity contribution in [2.75, 3.05) is 19.0 Å². The Kier molecular flexibility index (Phi) is 11.4. The summed E-state index contributed by atoms with van der Waals surface area (Å²) in [5, 5.41) is 0. The summed E-state index contributed by atoms with van der Waals surface area (Å²) in [6.45, 7) is 12.8. The number of likely N-dealkylation sites (tertiary alicyclic amines) is 1. The van der Waals surface area contributed by atoms with Gasteiger partial charge in [-0.2, -0.15) is 13.2 Å². The zero-order valence-corrected chi connectivity index (χ0v) is 23.0. The molecule has 39 heavy (non-hydrogen) atoms. The Morgan fingerprint density at radius 1 is 1.10 bits per heavy atom. The molecule has 1 fully saturated rings. The monoisotopic (exact) mass is 573 g/mol. The molecule has 0 bridgehead atoms. The number of halogens is 6. The summed E-state index contributed by atoms with van der Waals surface area (Å²) < 4.78 is 79.2. The zero-order valence-electron chi connectivity index (χ0n) is 22.2. The standard InChI is InChI=1S/C24H21ClF5NO3.C3H6.C2H6/c1-14(13-25)12-23(15-2-4-17(26)5-3-15)33-20-10-18(19(27)11-21(20)34-23)22(32)31-8-6-16(7-9-31)24(28,29)30;1-3-2;1-2/h2-5,10-11,16H,1,6-9,12-13H2;3H,1H2,2H3;1-2H3. The number of alkyl halides is 4. The summed E-state index contributed by atoms with van der Waals surface area (Å²) >= 11 is 5.88. The first kappa shape index (κ1) is 32.1. The third-order valence-electron chi connectivity index (χ3n) is 6.01. The van der Waals surface area contributed by atoms with Crippen molar-refractivity contribution in [2.24, 2.45) is 5.92 Å². The summed E-state index contributed by atoms with van der Waals surface area (Å²) in [5.41, 5.74) is 0.640. The molecule has 1 unspecified atom stereocenters. The van der Waals surface area contributed by atoms with E-state index in [1.807, 2.05) is 20.8 Å². The fraction of sp³-hybridized carbons (Fsp3) is 0.414. The molecule has 1 saturated heterocycles. The van der Waals surface area contributed by atoms with Gasteiger partial charge in [0.25, 0.3) is 11.7 Å². The van der Waals surface area contributed by atoms with Crippen LogP contribution >= 0.6 is 11.6 Å². The van der Waals surface area contributed by atoms with Crippen LogP contribution in [0.3, 0.4) is 0 Å². The van der Waals surface area contributed by atoms with Gasteiger partial charge in [-0.1, -0.05) is 32.1 Å². The highest BCUT2D eigenvalue weighted by atomic mass is 35.5. The van der Waals surface area contributed by atoms with Gasteiger partial charge in [0.2, 0.25) is 0 Å². The highest BCUT2D eigenvalue weighted by Crippen LogP contribution is 2.48. The molecule has 0 aliphatic carbocycles. The number of fused-ring (bicyclic) bond motifs is 1. The maximum Gasteiger partial charge on any atom is 0.391 e. The molecule has 4 nitrogen and oxygen atoms in total. The molecule has 4 rings (SSSR count). The number of rotatable bonds is 5. The molecule has 2 aliphatic heterocycles. The number of carbonyl (C=O) groups is 1. The van der Waals surface area contributed by atoms with E-state index in [9.17, 15) is 26.7 Å². The quantitative estimate of drug-likeness (QED) is 0.205. The fourth-order valence-electron chi connectivity index (χ4n) is 4.19. The number of benzene rings is 2. The Morgan fingerprint density at radius 3 is 2.10 bits per heavy atom. The van der Waals surface area contributed by atoms with Crippen LogP contribution in [0.5, 0.6) is 11.5 Å². The minimum absolute atomic E-state index is 0.0246. The smallest absolute Gasteiger partial charge is 0.391 e. The summed E-state index contributed by atoms with van der Waals surface area (Å²) in [6, 6.07) is 7.52. The van der Waals surface area contributed by atoms with E-state index in [2.05, 4.69) is 13.2 Å². The predicted octanol–water partition coefficient (Wildman–Crippen LogP) is 8.41. The Balaban J connectivity index is 0.000000998. The first-order valence-electron chi connectivity index (χ1n) is 12.6. The lowest BCUT2D eigenvalue weighted by Gasteiger charge is -2.33. The molecular formula is C29H33ClF5NO3. The Bertz CT molecular complexity index is 1140. The summed E-state index contributed by atoms with van der Waals surface area (Å²) in [7, 11) is 0. The van der Waals surface area contributed by atoms with Crippen LogP contribution in [0.25, 0.3) is 0 Å². The van der Waals surface area contributed by atoms with Gasteiger partial charge in [-0.25, -0.2) is 8.78 Å². The summed E-state index contributed by atoms with van der Waals surface area (Å²) in [6.07, 6.45) is -2.98. The number of carbonyl (C=O) groups excluding carboxylic acids is 1. The molecule has 1 amide bonds. The van der Waals surface area contributed by atoms with E-state index in [4.69, 9.17) is 21.1 Å². The molecule has 1 atom stereocenters. The number of amides is 1. The molecule has 2 aliphatic rings. The SMILES string of the molecule is C=C(CCl)CC1(c2ccc(F)cc2)Oc2cc(F)c(C(=O)N3CCC(C(F)(F)F)CC3)cc2O1.C=CC.CC. The lowest BCUT2D eigenvalue weighted by Crippen LogP contribution is -2.42. The van der Waals surface area contributed by atoms with E-state index in [1.165, 1.54) is 35.2 Å². The third-order valence-corrected chi connectivity index (χ3v) is 6.39. The molecule has 214 valence electrons. The molecule has 2 aromatic rings. The van der Waals surface area contributed by atoms with Crippen molar-refractivity contribution in [3.8, 4) is 11.5 Å². The van der Waals surface area contributed by atoms with Crippen LogP contribution in [0.1, 0.15) is 56.0 Å². The van der Waals surface area contributed by atoms with Crippen molar-refractivity contribution in [1.82, 2.24) is 4.90 Å². The minimum Gasteiger partial charge on any atom is -0.444 e. The second-order valence-electron chi connectivity index (χ2n) is 8.82. The van der Waals surface area contributed by atoms with Crippen molar-refractivity contribution >= 4 is 17.5 Å². The maximum absolute atomic E-state index is 14.9. The van der Waals surface area contributed by atoms with Gasteiger partial charge in [0.05, 0.1) is 17.9 Å². The van der Waals surface area contributed by atoms with E-state index < -0.39 is 35.4 Å². The lowest BCUT2D eigenvalue weighted by molar-refractivity contribution is -0.183. The average Bonchev–Trinajstić information content (AvgIpc) is 3.27. The topological polar surface area (TPSA) is 38.8 Å². The number of hydrogen-bond donors (Lipinski definition) is 0. The highest BCUT2D eigenvalue weighted by molar-refractivity contribution is 6.19. The molecule has 0 N–H and O–H groups in total. The summed E-state index contributed by atoms with van der Waals surface area (Å²) in [5.74, 6) is -4.88. The largest absolute Gasteiger partial charge is 0.444 e. The van der Waals surface area contributed by atoms with Crippen LogP contribution in [0.4, 0.5) is 22.0 Å². The molecule has 0 saturated carbocycles. The van der Waals surface area contributed by atoms with Gasteiger partial charge in [0.15, 0.2) is 11.5 Å². The van der Waals surface area contributed by atoms with Crippen LogP contribution in [0.15, 0.2) is 61.2 Å². The normalized spacial score (nSPS) is 18.3. The van der Waals surface area contributed by atoms with E-state index >= 15 is 0 Å². The van der Waals surface area contributed by atoms with Gasteiger partial charge >= 0.3 is 6.18 Å². The van der Waals surface area contributed by atoms with Crippen LogP contribution in [0.2, 0.25) is 0 Å². The van der Waals surface area contributed by atoms with Crippen molar-refractivity contribution < 1.29 is 36.2 Å². The third kappa shape index (κ3) is 7.75. The number of nitrogens with zero attached hydrogens (tertiary/aromatic N) is 1. The first-order valence-corrected chi connectivity index (χ1v) is 13.1. The Hall–Kier alpha value is -3.07. The van der Waals surface area contributed by atoms with Gasteiger partial charge in [-0.05, 0) is 50.1 Å². The molecule has 0 radical (unpaired) electrons. The van der Waals surface area contributed by atoms with Crippen LogP contribution in [-0.2, 0) is 5.79 Å². The fourth-order valence-corrected chi connectivity index (χ4v) is 4.28. The van der Waals surface area contributed by atoms with Gasteiger partial charge < -0.3 is 14.4 Å². The van der Waals surface area contributed by atoms with Gasteiger partial charge in [-0.3, -0.25) is 4.79 Å². The van der Waals surface area contributed by atoms with Crippen LogP contribution in [-0.4, -0.2) is 36.0 Å². The first-order chi connectivity index (χ1) is 18.4. The van der Waals surface area contributed by atoms with E-state index in [0.717, 1.165) is 6.07 Å². The van der Waals surface area contributed by atoms with Crippen molar-refractivity contribution in [3.05, 3.63) is 84.0 Å². The van der Waals surface area contributed by atoms with E-state index in [1.54, 1.807) is 6.08 Å². The van der Waals surface area contributed by atoms with Crippen LogP contribution in [0, 0.1) is 17.6 Å². The molecule has 0 spiro atoms. The predicted molar refractivity (Wildman–Crippen MR) is 142 cm³/mol. The van der Waals surface area contributed by atoms with Crippen LogP contribution < -0.4 is 9.47 Å². The molecule has 0 aromatic heterocycles. The average molecular weight is 574 g/mol. The Morgan fingerprint density at radius 2 is 1.62 bits per heavy atom. The molecular weight excluding hydrogens is 541 g/mol. The van der Waals surface area contributed by atoms with Gasteiger partial charge in [0, 0.05) is 30.6 Å². The number of allylic oxidation sites excluding steroid dienone is 1. The Labute approximate surface area is 231 Å². The van der Waals surface area contributed by atoms with E-state index in [-0.39, 0.29) is 55.3 Å². The molecule has 10 heteroatoms. The highest BCUT2D eigenvalue weighted by Gasteiger charge is 2.45. The summed E-state index contributed by atoms with van der Waals surface area (Å²) in [4.78, 5) is 14.1. The minimum atomic E-state index is -4.32. The molecule has 2 heterocycles. The van der Waals surface area contributed by atoms with Gasteiger partial charge in [0.1, 0.15) is 11.6 Å². The van der Waals surface area contributed by atoms with E-state index in [0.29, 0.717) is 11.1 Å². The maximum atomic E-state index is 14.9. The zero-order chi connectivity index (χ0) is 29.4. The number of piperidine rings is 1. The van der Waals surface area contributed by atoms with Crippen molar-refractivity contribution in [3.63, 3.8) is 0 Å². The van der Waals surface area contributed by atoms with Gasteiger partial charge in [-0.15, -0.1) is 18.2 Å². The lowest BCUT2D eigenvalue weighted by atomic mass is 9.96. The number of ether oxygens (including phenoxy) is 2. The van der Waals surface area contributed by atoms with Crippen molar-refractivity contribution in [2.45, 2.75) is 52.0 Å². The second-order valence-corrected chi connectivity index (χ2v) is 9.09. The van der Waals surface area contributed by atoms with Crippen molar-refractivity contribution in [1.29, 1.82) is 0 Å². The second kappa shape index (κ2) is 13.8.